The van der Waals surface area contributed by atoms with Crippen molar-refractivity contribution in [3.8, 4) is 5.75 Å². The molecule has 0 saturated heterocycles. The third-order valence-electron chi connectivity index (χ3n) is 2.20. The molecule has 1 aromatic rings. The lowest BCUT2D eigenvalue weighted by Crippen LogP contribution is -2.00. The third kappa shape index (κ3) is 2.60. The van der Waals surface area contributed by atoms with E-state index >= 15 is 0 Å². The average molecular weight is 216 g/mol. The van der Waals surface area contributed by atoms with Gasteiger partial charge in [0.1, 0.15) is 5.75 Å². The SMILES string of the molecule is C/C=C\C(=O)c1cccc(OC)c1/C=C\C. The van der Waals surface area contributed by atoms with Crippen molar-refractivity contribution in [1.29, 1.82) is 0 Å². The Hall–Kier alpha value is -1.83. The predicted molar refractivity (Wildman–Crippen MR) is 66.8 cm³/mol. The highest BCUT2D eigenvalue weighted by atomic mass is 16.5. The molecule has 1 aromatic carbocycles. The van der Waals surface area contributed by atoms with Crippen LogP contribution >= 0.6 is 0 Å². The van der Waals surface area contributed by atoms with Crippen LogP contribution in [0.2, 0.25) is 0 Å². The molecular weight excluding hydrogens is 200 g/mol. The lowest BCUT2D eigenvalue weighted by molar-refractivity contribution is 0.104. The molecule has 2 nitrogen and oxygen atoms in total. The summed E-state index contributed by atoms with van der Waals surface area (Å²) < 4.78 is 5.24. The molecule has 0 spiro atoms. The summed E-state index contributed by atoms with van der Waals surface area (Å²) in [6, 6.07) is 5.48. The predicted octanol–water partition coefficient (Wildman–Crippen LogP) is 3.49. The van der Waals surface area contributed by atoms with Crippen molar-refractivity contribution < 1.29 is 9.53 Å². The Labute approximate surface area is 96.2 Å². The van der Waals surface area contributed by atoms with Crippen LogP contribution in [0.5, 0.6) is 5.75 Å². The number of rotatable bonds is 4. The second kappa shape index (κ2) is 5.91. The fraction of sp³-hybridized carbons (Fsp3) is 0.214. The Kier molecular flexibility index (Phi) is 4.52. The van der Waals surface area contributed by atoms with E-state index in [4.69, 9.17) is 4.74 Å². The Bertz CT molecular complexity index is 428. The van der Waals surface area contributed by atoms with Crippen molar-refractivity contribution in [2.24, 2.45) is 0 Å². The number of ether oxygens (including phenoxy) is 1. The molecule has 0 aliphatic carbocycles. The van der Waals surface area contributed by atoms with Crippen LogP contribution in [0.4, 0.5) is 0 Å². The fourth-order valence-electron chi connectivity index (χ4n) is 1.52. The summed E-state index contributed by atoms with van der Waals surface area (Å²) in [4.78, 5) is 11.8. The first-order chi connectivity index (χ1) is 7.74. The smallest absolute Gasteiger partial charge is 0.186 e. The molecule has 0 heterocycles. The van der Waals surface area contributed by atoms with Crippen molar-refractivity contribution in [3.05, 3.63) is 47.6 Å². The second-order valence-corrected chi connectivity index (χ2v) is 3.29. The first-order valence-electron chi connectivity index (χ1n) is 5.21. The number of hydrogen-bond acceptors (Lipinski definition) is 2. The minimum Gasteiger partial charge on any atom is -0.496 e. The van der Waals surface area contributed by atoms with Crippen LogP contribution in [0.3, 0.4) is 0 Å². The Balaban J connectivity index is 3.32. The molecule has 2 heteroatoms. The van der Waals surface area contributed by atoms with Crippen LogP contribution in [0, 0.1) is 0 Å². The summed E-state index contributed by atoms with van der Waals surface area (Å²) in [6.45, 7) is 3.74. The lowest BCUT2D eigenvalue weighted by atomic mass is 10.0. The summed E-state index contributed by atoms with van der Waals surface area (Å²) >= 11 is 0. The van der Waals surface area contributed by atoms with Crippen molar-refractivity contribution in [3.63, 3.8) is 0 Å². The average Bonchev–Trinajstić information content (AvgIpc) is 2.30. The van der Waals surface area contributed by atoms with Crippen LogP contribution in [-0.4, -0.2) is 12.9 Å². The maximum atomic E-state index is 11.8. The van der Waals surface area contributed by atoms with Gasteiger partial charge in [-0.15, -0.1) is 0 Å². The summed E-state index contributed by atoms with van der Waals surface area (Å²) in [5.41, 5.74) is 1.49. The number of methoxy groups -OCH3 is 1. The van der Waals surface area contributed by atoms with Gasteiger partial charge in [0.25, 0.3) is 0 Å². The molecule has 0 saturated carbocycles. The molecule has 0 aliphatic rings. The fourth-order valence-corrected chi connectivity index (χ4v) is 1.52. The largest absolute Gasteiger partial charge is 0.496 e. The van der Waals surface area contributed by atoms with E-state index in [1.807, 2.05) is 38.1 Å². The monoisotopic (exact) mass is 216 g/mol. The number of allylic oxidation sites excluding steroid dienone is 3. The van der Waals surface area contributed by atoms with Gasteiger partial charge in [-0.1, -0.05) is 30.4 Å². The van der Waals surface area contributed by atoms with Gasteiger partial charge in [0, 0.05) is 11.1 Å². The molecule has 0 amide bonds. The highest BCUT2D eigenvalue weighted by molar-refractivity contribution is 6.07. The van der Waals surface area contributed by atoms with Crippen LogP contribution in [0.1, 0.15) is 29.8 Å². The molecule has 0 aromatic heterocycles. The first-order valence-corrected chi connectivity index (χ1v) is 5.21. The molecule has 16 heavy (non-hydrogen) atoms. The van der Waals surface area contributed by atoms with Gasteiger partial charge in [-0.3, -0.25) is 4.79 Å². The number of ketones is 1. The van der Waals surface area contributed by atoms with E-state index in [1.54, 1.807) is 25.3 Å². The van der Waals surface area contributed by atoms with Crippen molar-refractivity contribution in [2.75, 3.05) is 7.11 Å². The van der Waals surface area contributed by atoms with E-state index in [0.717, 1.165) is 5.56 Å². The van der Waals surface area contributed by atoms with E-state index in [1.165, 1.54) is 0 Å². The minimum absolute atomic E-state index is 0.00509. The Morgan fingerprint density at radius 2 is 2.00 bits per heavy atom. The third-order valence-corrected chi connectivity index (χ3v) is 2.20. The normalized spacial score (nSPS) is 11.2. The molecule has 0 N–H and O–H groups in total. The van der Waals surface area contributed by atoms with E-state index in [9.17, 15) is 4.79 Å². The molecule has 1 rings (SSSR count). The van der Waals surface area contributed by atoms with Crippen molar-refractivity contribution in [1.82, 2.24) is 0 Å². The van der Waals surface area contributed by atoms with E-state index in [0.29, 0.717) is 11.3 Å². The van der Waals surface area contributed by atoms with Gasteiger partial charge in [-0.05, 0) is 26.0 Å². The molecule has 0 radical (unpaired) electrons. The molecule has 0 aliphatic heterocycles. The molecule has 0 fully saturated rings. The summed E-state index contributed by atoms with van der Waals surface area (Å²) in [5.74, 6) is 0.711. The number of carbonyl (C=O) groups excluding carboxylic acids is 1. The standard InChI is InChI=1S/C14H16O2/c1-4-7-12-11(13(15)8-5-2)9-6-10-14(12)16-3/h4-10H,1-3H3/b7-4-,8-5-. The minimum atomic E-state index is -0.00509. The van der Waals surface area contributed by atoms with Crippen LogP contribution in [-0.2, 0) is 0 Å². The van der Waals surface area contributed by atoms with Gasteiger partial charge in [-0.2, -0.15) is 0 Å². The maximum absolute atomic E-state index is 11.8. The van der Waals surface area contributed by atoms with Gasteiger partial charge >= 0.3 is 0 Å². The zero-order valence-electron chi connectivity index (χ0n) is 9.86. The zero-order valence-corrected chi connectivity index (χ0v) is 9.86. The molecule has 0 unspecified atom stereocenters. The number of carbonyl (C=O) groups is 1. The molecular formula is C14H16O2. The summed E-state index contributed by atoms with van der Waals surface area (Å²) in [6.07, 6.45) is 7.07. The first kappa shape index (κ1) is 12.2. The summed E-state index contributed by atoms with van der Waals surface area (Å²) in [5, 5.41) is 0. The Morgan fingerprint density at radius 3 is 2.56 bits per heavy atom. The quantitative estimate of drug-likeness (QED) is 0.569. The van der Waals surface area contributed by atoms with E-state index in [2.05, 4.69) is 0 Å². The maximum Gasteiger partial charge on any atom is 0.186 e. The number of benzene rings is 1. The Morgan fingerprint density at radius 1 is 1.25 bits per heavy atom. The van der Waals surface area contributed by atoms with Crippen molar-refractivity contribution >= 4 is 11.9 Å². The van der Waals surface area contributed by atoms with Crippen LogP contribution < -0.4 is 4.74 Å². The molecule has 0 bridgehead atoms. The van der Waals surface area contributed by atoms with Gasteiger partial charge in [-0.25, -0.2) is 0 Å². The molecule has 84 valence electrons. The van der Waals surface area contributed by atoms with Gasteiger partial charge in [0.15, 0.2) is 5.78 Å². The highest BCUT2D eigenvalue weighted by Gasteiger charge is 2.10. The van der Waals surface area contributed by atoms with E-state index in [-0.39, 0.29) is 5.78 Å². The lowest BCUT2D eigenvalue weighted by Gasteiger charge is -2.08. The van der Waals surface area contributed by atoms with Crippen molar-refractivity contribution in [2.45, 2.75) is 13.8 Å². The zero-order chi connectivity index (χ0) is 12.0. The van der Waals surface area contributed by atoms with E-state index < -0.39 is 0 Å². The van der Waals surface area contributed by atoms with Gasteiger partial charge in [0.05, 0.1) is 7.11 Å². The number of hydrogen-bond donors (Lipinski definition) is 0. The summed E-state index contributed by atoms with van der Waals surface area (Å²) in [7, 11) is 1.60. The second-order valence-electron chi connectivity index (χ2n) is 3.29. The highest BCUT2D eigenvalue weighted by Crippen LogP contribution is 2.24. The van der Waals surface area contributed by atoms with Crippen LogP contribution in [0.25, 0.3) is 6.08 Å². The van der Waals surface area contributed by atoms with Gasteiger partial charge < -0.3 is 4.74 Å². The topological polar surface area (TPSA) is 26.3 Å². The molecule has 0 atom stereocenters. The van der Waals surface area contributed by atoms with Crippen LogP contribution in [0.15, 0.2) is 36.4 Å². The van der Waals surface area contributed by atoms with Gasteiger partial charge in [0.2, 0.25) is 0 Å².